The Morgan fingerprint density at radius 1 is 1.15 bits per heavy atom. The van der Waals surface area contributed by atoms with Crippen molar-refractivity contribution in [3.63, 3.8) is 0 Å². The quantitative estimate of drug-likeness (QED) is 0.833. The number of benzene rings is 2. The van der Waals surface area contributed by atoms with Crippen LogP contribution in [0.5, 0.6) is 5.75 Å². The smallest absolute Gasteiger partial charge is 0.260 e. The number of rotatable bonds is 7. The van der Waals surface area contributed by atoms with Crippen molar-refractivity contribution in [2.75, 3.05) is 13.7 Å². The fourth-order valence-electron chi connectivity index (χ4n) is 2.58. The summed E-state index contributed by atoms with van der Waals surface area (Å²) in [5.41, 5.74) is 2.71. The molecular weight excluding hydrogens is 328 g/mol. The maximum absolute atomic E-state index is 12.2. The van der Waals surface area contributed by atoms with Crippen LogP contribution in [-0.2, 0) is 11.3 Å². The third-order valence-corrected chi connectivity index (χ3v) is 4.33. The minimum Gasteiger partial charge on any atom is -0.484 e. The summed E-state index contributed by atoms with van der Waals surface area (Å²) in [6, 6.07) is 15.3. The number of amides is 2. The van der Waals surface area contributed by atoms with Gasteiger partial charge in [-0.05, 0) is 55.2 Å². The third kappa shape index (κ3) is 5.09. The van der Waals surface area contributed by atoms with Gasteiger partial charge in [-0.1, -0.05) is 24.3 Å². The summed E-state index contributed by atoms with van der Waals surface area (Å²) in [6.07, 6.45) is 2.14. The molecule has 0 heterocycles. The lowest BCUT2D eigenvalue weighted by Gasteiger charge is -2.18. The molecule has 3 rings (SSSR count). The molecule has 0 radical (unpaired) electrons. The van der Waals surface area contributed by atoms with E-state index in [1.165, 1.54) is 0 Å². The number of likely N-dealkylation sites (N-methyl/N-ethyl adjacent to an activating group) is 1. The van der Waals surface area contributed by atoms with E-state index >= 15 is 0 Å². The second-order valence-corrected chi connectivity index (χ2v) is 6.80. The number of carbonyl (C=O) groups excluding carboxylic acids is 2. The fraction of sp³-hybridized carbons (Fsp3) is 0.333. The van der Waals surface area contributed by atoms with Crippen molar-refractivity contribution in [3.05, 3.63) is 65.2 Å². The van der Waals surface area contributed by atoms with Crippen LogP contribution in [0.3, 0.4) is 0 Å². The Labute approximate surface area is 154 Å². The van der Waals surface area contributed by atoms with Crippen molar-refractivity contribution in [2.24, 2.45) is 0 Å². The maximum atomic E-state index is 12.2. The molecule has 0 bridgehead atoms. The fourth-order valence-corrected chi connectivity index (χ4v) is 2.58. The van der Waals surface area contributed by atoms with E-state index in [1.54, 1.807) is 24.1 Å². The maximum Gasteiger partial charge on any atom is 0.260 e. The molecule has 0 aromatic heterocycles. The van der Waals surface area contributed by atoms with Crippen LogP contribution < -0.4 is 10.1 Å². The molecule has 5 nitrogen and oxygen atoms in total. The number of aryl methyl sites for hydroxylation is 1. The van der Waals surface area contributed by atoms with Crippen LogP contribution in [0.1, 0.15) is 34.3 Å². The standard InChI is InChI=1S/C21H24N2O3/c1-15-4-3-5-19(12-15)26-14-20(24)23(2)13-16-6-8-17(9-7-16)21(25)22-18-10-11-18/h3-9,12,18H,10-11,13-14H2,1-2H3,(H,22,25). The first-order chi connectivity index (χ1) is 12.5. The Kier molecular flexibility index (Phi) is 5.56. The summed E-state index contributed by atoms with van der Waals surface area (Å²) in [7, 11) is 1.75. The van der Waals surface area contributed by atoms with Gasteiger partial charge >= 0.3 is 0 Å². The minimum absolute atomic E-state index is 0.00182. The van der Waals surface area contributed by atoms with E-state index in [0.717, 1.165) is 24.0 Å². The SMILES string of the molecule is Cc1cccc(OCC(=O)N(C)Cc2ccc(C(=O)NC3CC3)cc2)c1. The van der Waals surface area contributed by atoms with Gasteiger partial charge in [-0.25, -0.2) is 0 Å². The summed E-state index contributed by atoms with van der Waals surface area (Å²) in [4.78, 5) is 25.9. The van der Waals surface area contributed by atoms with Gasteiger partial charge in [-0.15, -0.1) is 0 Å². The van der Waals surface area contributed by atoms with Crippen molar-refractivity contribution in [3.8, 4) is 5.75 Å². The highest BCUT2D eigenvalue weighted by Gasteiger charge is 2.23. The molecule has 26 heavy (non-hydrogen) atoms. The van der Waals surface area contributed by atoms with Crippen molar-refractivity contribution < 1.29 is 14.3 Å². The Balaban J connectivity index is 1.49. The molecule has 2 aromatic carbocycles. The molecule has 2 amide bonds. The summed E-state index contributed by atoms with van der Waals surface area (Å²) >= 11 is 0. The number of nitrogens with one attached hydrogen (secondary N) is 1. The second kappa shape index (κ2) is 8.04. The van der Waals surface area contributed by atoms with Crippen LogP contribution in [0, 0.1) is 6.92 Å². The second-order valence-electron chi connectivity index (χ2n) is 6.80. The molecule has 1 fully saturated rings. The van der Waals surface area contributed by atoms with Crippen molar-refractivity contribution in [1.29, 1.82) is 0 Å². The molecule has 0 atom stereocenters. The van der Waals surface area contributed by atoms with Gasteiger partial charge in [-0.3, -0.25) is 9.59 Å². The van der Waals surface area contributed by atoms with E-state index in [9.17, 15) is 9.59 Å². The van der Waals surface area contributed by atoms with Crippen LogP contribution >= 0.6 is 0 Å². The van der Waals surface area contributed by atoms with E-state index < -0.39 is 0 Å². The van der Waals surface area contributed by atoms with Gasteiger partial charge < -0.3 is 15.0 Å². The number of carbonyl (C=O) groups is 2. The topological polar surface area (TPSA) is 58.6 Å². The molecule has 0 saturated heterocycles. The zero-order chi connectivity index (χ0) is 18.5. The molecular formula is C21H24N2O3. The lowest BCUT2D eigenvalue weighted by molar-refractivity contribution is -0.132. The lowest BCUT2D eigenvalue weighted by Crippen LogP contribution is -2.31. The van der Waals surface area contributed by atoms with Gasteiger partial charge in [0.15, 0.2) is 6.61 Å². The number of ether oxygens (including phenoxy) is 1. The molecule has 0 unspecified atom stereocenters. The Morgan fingerprint density at radius 3 is 2.54 bits per heavy atom. The molecule has 0 spiro atoms. The average Bonchev–Trinajstić information content (AvgIpc) is 3.44. The van der Waals surface area contributed by atoms with Crippen molar-refractivity contribution in [2.45, 2.75) is 32.4 Å². The first-order valence-corrected chi connectivity index (χ1v) is 8.84. The molecule has 1 N–H and O–H groups in total. The van der Waals surface area contributed by atoms with Crippen LogP contribution in [0.15, 0.2) is 48.5 Å². The molecule has 5 heteroatoms. The van der Waals surface area contributed by atoms with Gasteiger partial charge in [0, 0.05) is 25.2 Å². The number of hydrogen-bond donors (Lipinski definition) is 1. The van der Waals surface area contributed by atoms with Gasteiger partial charge in [-0.2, -0.15) is 0 Å². The minimum atomic E-state index is -0.0953. The molecule has 1 saturated carbocycles. The monoisotopic (exact) mass is 352 g/mol. The van der Waals surface area contributed by atoms with E-state index in [2.05, 4.69) is 5.32 Å². The molecule has 2 aromatic rings. The summed E-state index contributed by atoms with van der Waals surface area (Å²) in [5.74, 6) is 0.565. The Hall–Kier alpha value is -2.82. The van der Waals surface area contributed by atoms with Crippen molar-refractivity contribution in [1.82, 2.24) is 10.2 Å². The van der Waals surface area contributed by atoms with Crippen LogP contribution in [0.4, 0.5) is 0 Å². The third-order valence-electron chi connectivity index (χ3n) is 4.33. The summed E-state index contributed by atoms with van der Waals surface area (Å²) in [5, 5.41) is 2.96. The van der Waals surface area contributed by atoms with E-state index in [1.807, 2.05) is 43.3 Å². The highest BCUT2D eigenvalue weighted by Crippen LogP contribution is 2.19. The van der Waals surface area contributed by atoms with Gasteiger partial charge in [0.25, 0.3) is 11.8 Å². The van der Waals surface area contributed by atoms with Gasteiger partial charge in [0.05, 0.1) is 0 Å². The van der Waals surface area contributed by atoms with E-state index in [4.69, 9.17) is 4.74 Å². The average molecular weight is 352 g/mol. The Morgan fingerprint density at radius 2 is 1.88 bits per heavy atom. The summed E-state index contributed by atoms with van der Waals surface area (Å²) < 4.78 is 5.56. The summed E-state index contributed by atoms with van der Waals surface area (Å²) in [6.45, 7) is 2.46. The predicted octanol–water partition coefficient (Wildman–Crippen LogP) is 2.92. The Bertz CT molecular complexity index is 782. The highest BCUT2D eigenvalue weighted by molar-refractivity contribution is 5.94. The molecule has 1 aliphatic rings. The van der Waals surface area contributed by atoms with E-state index in [0.29, 0.717) is 23.9 Å². The van der Waals surface area contributed by atoms with Crippen LogP contribution in [-0.4, -0.2) is 36.4 Å². The zero-order valence-electron chi connectivity index (χ0n) is 15.2. The van der Waals surface area contributed by atoms with Crippen LogP contribution in [0.2, 0.25) is 0 Å². The molecule has 0 aliphatic heterocycles. The normalized spacial score (nSPS) is 13.2. The molecule has 1 aliphatic carbocycles. The van der Waals surface area contributed by atoms with Crippen LogP contribution in [0.25, 0.3) is 0 Å². The number of nitrogens with zero attached hydrogens (tertiary/aromatic N) is 1. The highest BCUT2D eigenvalue weighted by atomic mass is 16.5. The predicted molar refractivity (Wildman–Crippen MR) is 100 cm³/mol. The van der Waals surface area contributed by atoms with Gasteiger partial charge in [0.2, 0.25) is 0 Å². The number of hydrogen-bond acceptors (Lipinski definition) is 3. The van der Waals surface area contributed by atoms with Crippen molar-refractivity contribution >= 4 is 11.8 Å². The zero-order valence-corrected chi connectivity index (χ0v) is 15.2. The van der Waals surface area contributed by atoms with Gasteiger partial charge in [0.1, 0.15) is 5.75 Å². The largest absolute Gasteiger partial charge is 0.484 e. The van der Waals surface area contributed by atoms with E-state index in [-0.39, 0.29) is 18.4 Å². The molecule has 136 valence electrons. The first kappa shape index (κ1) is 18.0. The lowest BCUT2D eigenvalue weighted by atomic mass is 10.1. The first-order valence-electron chi connectivity index (χ1n) is 8.84.